The van der Waals surface area contributed by atoms with E-state index in [1.807, 2.05) is 6.07 Å². The predicted molar refractivity (Wildman–Crippen MR) is 83.0 cm³/mol. The fraction of sp³-hybridized carbons (Fsp3) is 0.125. The first-order valence-electron chi connectivity index (χ1n) is 6.92. The molecule has 116 valence electrons. The number of carbonyl (C=O) groups excluding carboxylic acids is 1. The maximum atomic E-state index is 12.0. The van der Waals surface area contributed by atoms with Gasteiger partial charge in [-0.25, -0.2) is 9.48 Å². The maximum Gasteiger partial charge on any atom is 0.337 e. The van der Waals surface area contributed by atoms with Crippen LogP contribution < -0.4 is 5.56 Å². The Balaban J connectivity index is 1.92. The monoisotopic (exact) mass is 310 g/mol. The van der Waals surface area contributed by atoms with Gasteiger partial charge in [-0.2, -0.15) is 10.2 Å². The zero-order valence-electron chi connectivity index (χ0n) is 12.4. The summed E-state index contributed by atoms with van der Waals surface area (Å²) in [4.78, 5) is 23.6. The number of H-pyrrole nitrogens is 1. The summed E-state index contributed by atoms with van der Waals surface area (Å²) in [6, 6.07) is 10.0. The number of nitrogens with zero attached hydrogens (tertiary/aromatic N) is 3. The van der Waals surface area contributed by atoms with Gasteiger partial charge in [0, 0.05) is 17.8 Å². The summed E-state index contributed by atoms with van der Waals surface area (Å²) < 4.78 is 6.05. The number of hydrogen-bond donors (Lipinski definition) is 1. The van der Waals surface area contributed by atoms with Gasteiger partial charge >= 0.3 is 5.97 Å². The summed E-state index contributed by atoms with van der Waals surface area (Å²) in [5, 5.41) is 10.9. The number of rotatable bonds is 4. The van der Waals surface area contributed by atoms with E-state index in [-0.39, 0.29) is 12.1 Å². The molecule has 0 aliphatic carbocycles. The fourth-order valence-electron chi connectivity index (χ4n) is 2.19. The molecule has 0 aliphatic rings. The highest BCUT2D eigenvalue weighted by molar-refractivity contribution is 5.89. The third kappa shape index (κ3) is 3.18. The highest BCUT2D eigenvalue weighted by atomic mass is 16.5. The molecule has 0 fully saturated rings. The zero-order valence-corrected chi connectivity index (χ0v) is 12.4. The molecule has 0 aliphatic heterocycles. The van der Waals surface area contributed by atoms with Gasteiger partial charge in [-0.15, -0.1) is 0 Å². The standard InChI is InChI=1S/C16H14N4O3/c1-23-16(22)12-4-2-3-11(7-12)10-20-15(21)6-5-14(19-20)13-8-17-18-9-13/h2-9H,10H2,1H3,(H,17,18). The normalized spacial score (nSPS) is 10.5. The van der Waals surface area contributed by atoms with Crippen LogP contribution in [0.4, 0.5) is 0 Å². The highest BCUT2D eigenvalue weighted by Crippen LogP contribution is 2.13. The van der Waals surface area contributed by atoms with Crippen LogP contribution in [0, 0.1) is 0 Å². The quantitative estimate of drug-likeness (QED) is 0.737. The third-order valence-corrected chi connectivity index (χ3v) is 3.34. The summed E-state index contributed by atoms with van der Waals surface area (Å²) in [5.41, 5.74) is 2.43. The molecule has 3 rings (SSSR count). The average Bonchev–Trinajstić information content (AvgIpc) is 3.11. The predicted octanol–water partition coefficient (Wildman–Crippen LogP) is 1.47. The van der Waals surface area contributed by atoms with Crippen molar-refractivity contribution < 1.29 is 9.53 Å². The van der Waals surface area contributed by atoms with Crippen molar-refractivity contribution in [1.29, 1.82) is 0 Å². The molecule has 0 atom stereocenters. The number of aromatic amines is 1. The number of esters is 1. The van der Waals surface area contributed by atoms with Crippen LogP contribution in [0.2, 0.25) is 0 Å². The van der Waals surface area contributed by atoms with Gasteiger partial charge in [0.15, 0.2) is 0 Å². The van der Waals surface area contributed by atoms with Crippen LogP contribution in [0.3, 0.4) is 0 Å². The number of methoxy groups -OCH3 is 1. The van der Waals surface area contributed by atoms with Gasteiger partial charge in [0.05, 0.1) is 31.1 Å². The van der Waals surface area contributed by atoms with Crippen LogP contribution in [0.5, 0.6) is 0 Å². The van der Waals surface area contributed by atoms with Crippen LogP contribution in [-0.2, 0) is 11.3 Å². The molecular weight excluding hydrogens is 296 g/mol. The molecule has 1 N–H and O–H groups in total. The molecule has 0 amide bonds. The van der Waals surface area contributed by atoms with Crippen LogP contribution in [0.25, 0.3) is 11.3 Å². The van der Waals surface area contributed by atoms with Crippen molar-refractivity contribution in [3.05, 3.63) is 70.3 Å². The third-order valence-electron chi connectivity index (χ3n) is 3.34. The molecule has 1 aromatic carbocycles. The van der Waals surface area contributed by atoms with Crippen molar-refractivity contribution in [1.82, 2.24) is 20.0 Å². The van der Waals surface area contributed by atoms with E-state index in [1.54, 1.807) is 36.7 Å². The fourth-order valence-corrected chi connectivity index (χ4v) is 2.19. The van der Waals surface area contributed by atoms with Gasteiger partial charge < -0.3 is 4.74 Å². The van der Waals surface area contributed by atoms with E-state index in [2.05, 4.69) is 15.3 Å². The minimum Gasteiger partial charge on any atom is -0.465 e. The Morgan fingerprint density at radius 2 is 2.17 bits per heavy atom. The minimum absolute atomic E-state index is 0.222. The molecule has 7 heteroatoms. The molecule has 3 aromatic rings. The molecule has 0 radical (unpaired) electrons. The largest absolute Gasteiger partial charge is 0.465 e. The average molecular weight is 310 g/mol. The second-order valence-corrected chi connectivity index (χ2v) is 4.89. The molecule has 0 unspecified atom stereocenters. The van der Waals surface area contributed by atoms with E-state index in [0.717, 1.165) is 11.1 Å². The van der Waals surface area contributed by atoms with E-state index in [4.69, 9.17) is 4.74 Å². The number of benzene rings is 1. The van der Waals surface area contributed by atoms with Crippen molar-refractivity contribution >= 4 is 5.97 Å². The lowest BCUT2D eigenvalue weighted by Crippen LogP contribution is -2.23. The Morgan fingerprint density at radius 3 is 2.91 bits per heavy atom. The topological polar surface area (TPSA) is 89.9 Å². The number of carbonyl (C=O) groups is 1. The van der Waals surface area contributed by atoms with Gasteiger partial charge in [0.25, 0.3) is 5.56 Å². The van der Waals surface area contributed by atoms with Gasteiger partial charge in [-0.1, -0.05) is 12.1 Å². The van der Waals surface area contributed by atoms with Gasteiger partial charge in [-0.05, 0) is 23.8 Å². The Morgan fingerprint density at radius 1 is 1.30 bits per heavy atom. The molecule has 0 spiro atoms. The Labute approximate surface area is 131 Å². The van der Waals surface area contributed by atoms with Crippen LogP contribution >= 0.6 is 0 Å². The second-order valence-electron chi connectivity index (χ2n) is 4.89. The Kier molecular flexibility index (Phi) is 4.01. The molecule has 0 bridgehead atoms. The molecule has 2 heterocycles. The van der Waals surface area contributed by atoms with Gasteiger partial charge in [-0.3, -0.25) is 9.89 Å². The van der Waals surface area contributed by atoms with E-state index in [1.165, 1.54) is 17.9 Å². The smallest absolute Gasteiger partial charge is 0.337 e. The van der Waals surface area contributed by atoms with Crippen molar-refractivity contribution in [3.8, 4) is 11.3 Å². The lowest BCUT2D eigenvalue weighted by atomic mass is 10.1. The summed E-state index contributed by atoms with van der Waals surface area (Å²) in [7, 11) is 1.33. The number of aromatic nitrogens is 4. The van der Waals surface area contributed by atoms with Crippen LogP contribution in [-0.4, -0.2) is 33.1 Å². The van der Waals surface area contributed by atoms with Crippen molar-refractivity contribution in [3.63, 3.8) is 0 Å². The molecular formula is C16H14N4O3. The minimum atomic E-state index is -0.417. The number of hydrogen-bond acceptors (Lipinski definition) is 5. The first kappa shape index (κ1) is 14.7. The van der Waals surface area contributed by atoms with E-state index >= 15 is 0 Å². The lowest BCUT2D eigenvalue weighted by molar-refractivity contribution is 0.0600. The molecule has 0 saturated heterocycles. The number of nitrogens with one attached hydrogen (secondary N) is 1. The van der Waals surface area contributed by atoms with Gasteiger partial charge in [0.1, 0.15) is 0 Å². The number of ether oxygens (including phenoxy) is 1. The first-order chi connectivity index (χ1) is 11.2. The van der Waals surface area contributed by atoms with Crippen molar-refractivity contribution in [2.24, 2.45) is 0 Å². The zero-order chi connectivity index (χ0) is 16.2. The second kappa shape index (κ2) is 6.27. The molecule has 23 heavy (non-hydrogen) atoms. The molecule has 7 nitrogen and oxygen atoms in total. The Hall–Kier alpha value is -3.22. The van der Waals surface area contributed by atoms with Crippen LogP contribution in [0.15, 0.2) is 53.6 Å². The molecule has 0 saturated carbocycles. The van der Waals surface area contributed by atoms with E-state index in [0.29, 0.717) is 11.3 Å². The summed E-state index contributed by atoms with van der Waals surface area (Å²) in [6.07, 6.45) is 3.34. The van der Waals surface area contributed by atoms with Crippen molar-refractivity contribution in [2.45, 2.75) is 6.54 Å². The summed E-state index contributed by atoms with van der Waals surface area (Å²) >= 11 is 0. The lowest BCUT2D eigenvalue weighted by Gasteiger charge is -2.07. The Bertz CT molecular complexity index is 884. The summed E-state index contributed by atoms with van der Waals surface area (Å²) in [5.74, 6) is -0.417. The first-order valence-corrected chi connectivity index (χ1v) is 6.92. The summed E-state index contributed by atoms with van der Waals surface area (Å²) in [6.45, 7) is 0.259. The van der Waals surface area contributed by atoms with E-state index in [9.17, 15) is 9.59 Å². The SMILES string of the molecule is COC(=O)c1cccc(Cn2nc(-c3cn[nH]c3)ccc2=O)c1. The van der Waals surface area contributed by atoms with E-state index < -0.39 is 5.97 Å². The maximum absolute atomic E-state index is 12.0. The van der Waals surface area contributed by atoms with Crippen molar-refractivity contribution in [2.75, 3.05) is 7.11 Å². The highest BCUT2D eigenvalue weighted by Gasteiger charge is 2.08. The van der Waals surface area contributed by atoms with Crippen LogP contribution in [0.1, 0.15) is 15.9 Å². The van der Waals surface area contributed by atoms with Gasteiger partial charge in [0.2, 0.25) is 0 Å². The molecule has 2 aromatic heterocycles.